The molecule has 0 atom stereocenters. The standard InChI is InChI=1S/C18H25BrClF/c1-2-3-4-14-7-9-18(13-20,10-8-14)12-15-11-16(21)5-6-17(15)19/h5-6,11,14H,2-4,7-10,12-13H2,1H3. The second kappa shape index (κ2) is 7.97. The van der Waals surface area contributed by atoms with Gasteiger partial charge in [0.15, 0.2) is 0 Å². The van der Waals surface area contributed by atoms with Crippen molar-refractivity contribution in [3.8, 4) is 0 Å². The molecule has 0 N–H and O–H groups in total. The lowest BCUT2D eigenvalue weighted by atomic mass is 9.68. The van der Waals surface area contributed by atoms with Gasteiger partial charge >= 0.3 is 0 Å². The predicted molar refractivity (Wildman–Crippen MR) is 92.4 cm³/mol. The van der Waals surface area contributed by atoms with Gasteiger partial charge in [-0.2, -0.15) is 0 Å². The van der Waals surface area contributed by atoms with E-state index in [9.17, 15) is 4.39 Å². The highest BCUT2D eigenvalue weighted by molar-refractivity contribution is 9.10. The summed E-state index contributed by atoms with van der Waals surface area (Å²) in [6, 6.07) is 4.96. The summed E-state index contributed by atoms with van der Waals surface area (Å²) >= 11 is 9.87. The third-order valence-corrected chi connectivity index (χ3v) is 6.33. The quantitative estimate of drug-likeness (QED) is 0.483. The van der Waals surface area contributed by atoms with Crippen LogP contribution < -0.4 is 0 Å². The maximum absolute atomic E-state index is 13.5. The minimum atomic E-state index is -0.158. The molecule has 0 unspecified atom stereocenters. The zero-order valence-corrected chi connectivity index (χ0v) is 15.1. The Labute approximate surface area is 141 Å². The van der Waals surface area contributed by atoms with Gasteiger partial charge in [0.1, 0.15) is 5.82 Å². The van der Waals surface area contributed by atoms with E-state index < -0.39 is 0 Å². The molecule has 0 bridgehead atoms. The second-order valence-corrected chi connectivity index (χ2v) is 7.75. The van der Waals surface area contributed by atoms with E-state index in [4.69, 9.17) is 11.6 Å². The van der Waals surface area contributed by atoms with E-state index in [0.29, 0.717) is 5.88 Å². The maximum atomic E-state index is 13.5. The van der Waals surface area contributed by atoms with Crippen LogP contribution in [0.5, 0.6) is 0 Å². The van der Waals surface area contributed by atoms with Crippen LogP contribution in [0.15, 0.2) is 22.7 Å². The van der Waals surface area contributed by atoms with E-state index in [0.717, 1.165) is 22.4 Å². The number of unbranched alkanes of at least 4 members (excludes halogenated alkanes) is 1. The lowest BCUT2D eigenvalue weighted by molar-refractivity contribution is 0.165. The average molecular weight is 376 g/mol. The van der Waals surface area contributed by atoms with E-state index in [1.54, 1.807) is 12.1 Å². The third kappa shape index (κ3) is 4.69. The van der Waals surface area contributed by atoms with Gasteiger partial charge < -0.3 is 0 Å². The first kappa shape index (κ1) is 17.3. The van der Waals surface area contributed by atoms with Crippen molar-refractivity contribution in [1.29, 1.82) is 0 Å². The first-order chi connectivity index (χ1) is 10.1. The Bertz CT molecular complexity index is 453. The molecule has 0 amide bonds. The van der Waals surface area contributed by atoms with Gasteiger partial charge in [0, 0.05) is 10.4 Å². The molecule has 2 rings (SSSR count). The zero-order chi connectivity index (χ0) is 15.3. The second-order valence-electron chi connectivity index (χ2n) is 6.63. The Morgan fingerprint density at radius 1 is 1.33 bits per heavy atom. The molecule has 3 heteroatoms. The van der Waals surface area contributed by atoms with Crippen LogP contribution in [-0.2, 0) is 6.42 Å². The van der Waals surface area contributed by atoms with Crippen LogP contribution in [0, 0.1) is 17.2 Å². The minimum absolute atomic E-state index is 0.153. The van der Waals surface area contributed by atoms with Crippen LogP contribution in [0.2, 0.25) is 0 Å². The molecule has 0 heterocycles. The molecule has 1 aliphatic rings. The summed E-state index contributed by atoms with van der Waals surface area (Å²) in [6.07, 6.45) is 9.77. The van der Waals surface area contributed by atoms with Gasteiger partial charge in [0.2, 0.25) is 0 Å². The normalized spacial score (nSPS) is 26.0. The fraction of sp³-hybridized carbons (Fsp3) is 0.667. The number of benzene rings is 1. The van der Waals surface area contributed by atoms with Crippen molar-refractivity contribution in [1.82, 2.24) is 0 Å². The summed E-state index contributed by atoms with van der Waals surface area (Å²) in [5.74, 6) is 1.39. The Hall–Kier alpha value is -0.0800. The monoisotopic (exact) mass is 374 g/mol. The van der Waals surface area contributed by atoms with Crippen molar-refractivity contribution in [2.45, 2.75) is 58.3 Å². The summed E-state index contributed by atoms with van der Waals surface area (Å²) in [5.41, 5.74) is 1.21. The van der Waals surface area contributed by atoms with Crippen LogP contribution in [-0.4, -0.2) is 5.88 Å². The molecule has 1 aliphatic carbocycles. The lowest BCUT2D eigenvalue weighted by Crippen LogP contribution is -2.31. The SMILES string of the molecule is CCCCC1CCC(CCl)(Cc2cc(F)ccc2Br)CC1. The van der Waals surface area contributed by atoms with Crippen LogP contribution in [0.4, 0.5) is 4.39 Å². The largest absolute Gasteiger partial charge is 0.207 e. The van der Waals surface area contributed by atoms with E-state index in [2.05, 4.69) is 22.9 Å². The van der Waals surface area contributed by atoms with Gasteiger partial charge in [-0.05, 0) is 67.2 Å². The average Bonchev–Trinajstić information content (AvgIpc) is 2.50. The molecule has 1 fully saturated rings. The highest BCUT2D eigenvalue weighted by Gasteiger charge is 2.35. The van der Waals surface area contributed by atoms with Crippen LogP contribution >= 0.6 is 27.5 Å². The van der Waals surface area contributed by atoms with E-state index >= 15 is 0 Å². The van der Waals surface area contributed by atoms with E-state index in [1.807, 2.05) is 0 Å². The van der Waals surface area contributed by atoms with Gasteiger partial charge in [-0.25, -0.2) is 4.39 Å². The van der Waals surface area contributed by atoms with Crippen LogP contribution in [0.25, 0.3) is 0 Å². The molecular formula is C18H25BrClF. The van der Waals surface area contributed by atoms with Gasteiger partial charge in [-0.3, -0.25) is 0 Å². The van der Waals surface area contributed by atoms with E-state index in [-0.39, 0.29) is 11.2 Å². The first-order valence-corrected chi connectivity index (χ1v) is 9.41. The maximum Gasteiger partial charge on any atom is 0.123 e. The number of halogens is 3. The zero-order valence-electron chi connectivity index (χ0n) is 12.8. The molecule has 0 saturated heterocycles. The van der Waals surface area contributed by atoms with Gasteiger partial charge in [-0.1, -0.05) is 42.1 Å². The fourth-order valence-electron chi connectivity index (χ4n) is 3.51. The van der Waals surface area contributed by atoms with Crippen molar-refractivity contribution in [3.05, 3.63) is 34.1 Å². The Balaban J connectivity index is 2.01. The predicted octanol–water partition coefficient (Wildman–Crippen LogP) is 6.74. The van der Waals surface area contributed by atoms with Gasteiger partial charge in [0.25, 0.3) is 0 Å². The molecule has 0 aliphatic heterocycles. The first-order valence-electron chi connectivity index (χ1n) is 8.08. The van der Waals surface area contributed by atoms with Gasteiger partial charge in [-0.15, -0.1) is 11.6 Å². The molecule has 0 nitrogen and oxygen atoms in total. The summed E-state index contributed by atoms with van der Waals surface area (Å²) in [7, 11) is 0. The Morgan fingerprint density at radius 3 is 2.67 bits per heavy atom. The topological polar surface area (TPSA) is 0 Å². The molecule has 118 valence electrons. The number of hydrogen-bond donors (Lipinski definition) is 0. The molecule has 1 saturated carbocycles. The van der Waals surface area contributed by atoms with Crippen molar-refractivity contribution in [3.63, 3.8) is 0 Å². The van der Waals surface area contributed by atoms with Crippen molar-refractivity contribution in [2.75, 3.05) is 5.88 Å². The van der Waals surface area contributed by atoms with Crippen LogP contribution in [0.1, 0.15) is 57.4 Å². The summed E-state index contributed by atoms with van der Waals surface area (Å²) < 4.78 is 14.5. The molecule has 0 radical (unpaired) electrons. The molecule has 1 aromatic rings. The number of rotatable bonds is 6. The molecule has 1 aromatic carbocycles. The molecule has 21 heavy (non-hydrogen) atoms. The third-order valence-electron chi connectivity index (χ3n) is 4.99. The number of hydrogen-bond acceptors (Lipinski definition) is 0. The minimum Gasteiger partial charge on any atom is -0.207 e. The fourth-order valence-corrected chi connectivity index (χ4v) is 4.26. The highest BCUT2D eigenvalue weighted by atomic mass is 79.9. The molecular weight excluding hydrogens is 351 g/mol. The molecule has 0 aromatic heterocycles. The highest BCUT2D eigenvalue weighted by Crippen LogP contribution is 2.44. The lowest BCUT2D eigenvalue weighted by Gasteiger charge is -2.39. The number of alkyl halides is 1. The summed E-state index contributed by atoms with van der Waals surface area (Å²) in [5, 5.41) is 0. The summed E-state index contributed by atoms with van der Waals surface area (Å²) in [4.78, 5) is 0. The van der Waals surface area contributed by atoms with E-state index in [1.165, 1.54) is 51.0 Å². The smallest absolute Gasteiger partial charge is 0.123 e. The van der Waals surface area contributed by atoms with Crippen LogP contribution in [0.3, 0.4) is 0 Å². The van der Waals surface area contributed by atoms with Crippen molar-refractivity contribution < 1.29 is 4.39 Å². The van der Waals surface area contributed by atoms with Crippen molar-refractivity contribution in [2.24, 2.45) is 11.3 Å². The summed E-state index contributed by atoms with van der Waals surface area (Å²) in [6.45, 7) is 2.26. The van der Waals surface area contributed by atoms with Gasteiger partial charge in [0.05, 0.1) is 0 Å². The van der Waals surface area contributed by atoms with Crippen molar-refractivity contribution >= 4 is 27.5 Å². The Morgan fingerprint density at radius 2 is 2.05 bits per heavy atom. The Kier molecular flexibility index (Phi) is 6.55. The molecule has 0 spiro atoms.